The Labute approximate surface area is 167 Å². The molecule has 27 heavy (non-hydrogen) atoms. The Morgan fingerprint density at radius 1 is 1.11 bits per heavy atom. The first-order chi connectivity index (χ1) is 13.1. The zero-order valence-corrected chi connectivity index (χ0v) is 17.0. The van der Waals surface area contributed by atoms with Gasteiger partial charge in [-0.15, -0.1) is 0 Å². The molecule has 2 heterocycles. The number of aromatic nitrogens is 1. The van der Waals surface area contributed by atoms with Gasteiger partial charge in [-0.25, -0.2) is 4.39 Å². The molecule has 0 radical (unpaired) electrons. The Bertz CT molecular complexity index is 982. The number of pyridine rings is 1. The molecule has 0 N–H and O–H groups in total. The maximum Gasteiger partial charge on any atom is 0.128 e. The Kier molecular flexibility index (Phi) is 5.00. The second-order valence-electron chi connectivity index (χ2n) is 7.07. The Morgan fingerprint density at radius 3 is 2.56 bits per heavy atom. The van der Waals surface area contributed by atoms with Crippen molar-refractivity contribution in [3.05, 3.63) is 71.2 Å². The Hall–Kier alpha value is -2.20. The molecule has 4 heteroatoms. The second-order valence-corrected chi connectivity index (χ2v) is 7.63. The minimum Gasteiger partial charge on any atom is -0.493 e. The molecule has 0 saturated carbocycles. The van der Waals surface area contributed by atoms with Crippen LogP contribution in [-0.4, -0.2) is 11.6 Å². The van der Waals surface area contributed by atoms with E-state index in [1.54, 1.807) is 0 Å². The van der Waals surface area contributed by atoms with Crippen molar-refractivity contribution in [2.24, 2.45) is 0 Å². The second kappa shape index (κ2) is 7.43. The summed E-state index contributed by atoms with van der Waals surface area (Å²) >= 11 is 3.67. The zero-order valence-electron chi connectivity index (χ0n) is 15.4. The van der Waals surface area contributed by atoms with E-state index in [1.807, 2.05) is 30.3 Å². The Morgan fingerprint density at radius 2 is 1.85 bits per heavy atom. The molecule has 1 aliphatic heterocycles. The summed E-state index contributed by atoms with van der Waals surface area (Å²) in [5.74, 6) is 0.922. The average molecular weight is 426 g/mol. The molecule has 1 aromatic heterocycles. The number of rotatable bonds is 3. The number of ether oxygens (including phenoxy) is 1. The molecule has 0 spiro atoms. The number of hydrogen-bond acceptors (Lipinski definition) is 2. The molecule has 2 aromatic carbocycles. The smallest absolute Gasteiger partial charge is 0.128 e. The van der Waals surface area contributed by atoms with E-state index in [4.69, 9.17) is 9.72 Å². The molecule has 0 fully saturated rings. The summed E-state index contributed by atoms with van der Waals surface area (Å²) in [5, 5.41) is 0.704. The topological polar surface area (TPSA) is 22.1 Å². The highest BCUT2D eigenvalue weighted by molar-refractivity contribution is 9.08. The molecule has 4 rings (SSSR count). The highest BCUT2D eigenvalue weighted by Gasteiger charge is 2.25. The summed E-state index contributed by atoms with van der Waals surface area (Å²) in [6.07, 6.45) is 0.766. The maximum absolute atomic E-state index is 13.6. The van der Waals surface area contributed by atoms with Crippen LogP contribution in [0, 0.1) is 5.82 Å². The normalized spacial score (nSPS) is 12.9. The lowest BCUT2D eigenvalue weighted by molar-refractivity contribution is 0.326. The van der Waals surface area contributed by atoms with Gasteiger partial charge >= 0.3 is 0 Å². The van der Waals surface area contributed by atoms with Crippen molar-refractivity contribution in [2.75, 3.05) is 6.61 Å². The molecular weight excluding hydrogens is 405 g/mol. The number of fused-ring (bicyclic) bond motifs is 3. The molecule has 138 valence electrons. The molecule has 2 nitrogen and oxygen atoms in total. The highest BCUT2D eigenvalue weighted by Crippen LogP contribution is 2.42. The third kappa shape index (κ3) is 3.27. The van der Waals surface area contributed by atoms with Gasteiger partial charge in [0.25, 0.3) is 0 Å². The van der Waals surface area contributed by atoms with Crippen LogP contribution in [0.25, 0.3) is 22.4 Å². The van der Waals surface area contributed by atoms with Crippen molar-refractivity contribution < 1.29 is 9.13 Å². The molecule has 3 aromatic rings. The van der Waals surface area contributed by atoms with E-state index in [0.717, 1.165) is 40.2 Å². The van der Waals surface area contributed by atoms with E-state index in [2.05, 4.69) is 35.8 Å². The lowest BCUT2D eigenvalue weighted by Gasteiger charge is -2.21. The van der Waals surface area contributed by atoms with Gasteiger partial charge in [-0.1, -0.05) is 54.0 Å². The van der Waals surface area contributed by atoms with Crippen LogP contribution in [0.4, 0.5) is 4.39 Å². The molecule has 0 amide bonds. The Balaban J connectivity index is 2.09. The first-order valence-electron chi connectivity index (χ1n) is 9.20. The number of nitrogens with zero attached hydrogens (tertiary/aromatic N) is 1. The van der Waals surface area contributed by atoms with E-state index in [-0.39, 0.29) is 11.7 Å². The monoisotopic (exact) mass is 425 g/mol. The summed E-state index contributed by atoms with van der Waals surface area (Å²) < 4.78 is 19.6. The van der Waals surface area contributed by atoms with Gasteiger partial charge in [0.15, 0.2) is 0 Å². The van der Waals surface area contributed by atoms with Crippen LogP contribution in [-0.2, 0) is 11.8 Å². The van der Waals surface area contributed by atoms with E-state index in [0.29, 0.717) is 11.9 Å². The fraction of sp³-hybridized carbons (Fsp3) is 0.261. The van der Waals surface area contributed by atoms with Gasteiger partial charge in [-0.05, 0) is 52.4 Å². The van der Waals surface area contributed by atoms with Crippen LogP contribution >= 0.6 is 15.9 Å². The van der Waals surface area contributed by atoms with E-state index in [9.17, 15) is 4.39 Å². The number of para-hydroxylation sites is 1. The number of benzene rings is 2. The number of alkyl halides is 1. The predicted octanol–water partition coefficient (Wildman–Crippen LogP) is 6.51. The van der Waals surface area contributed by atoms with Gasteiger partial charge in [0, 0.05) is 23.0 Å². The van der Waals surface area contributed by atoms with Gasteiger partial charge in [0.05, 0.1) is 12.3 Å². The third-order valence-corrected chi connectivity index (χ3v) is 5.56. The fourth-order valence-electron chi connectivity index (χ4n) is 3.78. The standard InChI is InChI=1S/C23H21BrFNO/c1-14(2)22-19(13-24)21(15-7-9-16(25)10-8-15)18-11-12-27-20-6-4-3-5-17(20)23(18)26-22/h3-10,14H,11-13H2,1-2H3. The van der Waals surface area contributed by atoms with Crippen molar-refractivity contribution in [3.8, 4) is 28.1 Å². The zero-order chi connectivity index (χ0) is 19.0. The predicted molar refractivity (Wildman–Crippen MR) is 111 cm³/mol. The first kappa shape index (κ1) is 18.2. The SMILES string of the molecule is CC(C)c1nc2c(c(-c3ccc(F)cc3)c1CBr)CCOc1ccccc1-2. The van der Waals surface area contributed by atoms with E-state index < -0.39 is 0 Å². The first-order valence-corrected chi connectivity index (χ1v) is 10.3. The minimum atomic E-state index is -0.225. The van der Waals surface area contributed by atoms with Crippen molar-refractivity contribution in [2.45, 2.75) is 31.5 Å². The lowest BCUT2D eigenvalue weighted by atomic mass is 9.87. The third-order valence-electron chi connectivity index (χ3n) is 5.00. The summed E-state index contributed by atoms with van der Waals surface area (Å²) in [4.78, 5) is 5.10. The molecule has 1 aliphatic rings. The minimum absolute atomic E-state index is 0.225. The molecular formula is C23H21BrFNO. The van der Waals surface area contributed by atoms with Crippen LogP contribution in [0.1, 0.15) is 36.6 Å². The van der Waals surface area contributed by atoms with Gasteiger partial charge in [-0.3, -0.25) is 4.98 Å². The molecule has 0 aliphatic carbocycles. The van der Waals surface area contributed by atoms with Crippen LogP contribution in [0.5, 0.6) is 5.75 Å². The van der Waals surface area contributed by atoms with Crippen molar-refractivity contribution >= 4 is 15.9 Å². The van der Waals surface area contributed by atoms with Crippen LogP contribution in [0.2, 0.25) is 0 Å². The van der Waals surface area contributed by atoms with Crippen molar-refractivity contribution in [1.82, 2.24) is 4.98 Å². The van der Waals surface area contributed by atoms with Crippen molar-refractivity contribution in [1.29, 1.82) is 0 Å². The van der Waals surface area contributed by atoms with Crippen molar-refractivity contribution in [3.63, 3.8) is 0 Å². The molecule has 0 unspecified atom stereocenters. The highest BCUT2D eigenvalue weighted by atomic mass is 79.9. The number of halogens is 2. The summed E-state index contributed by atoms with van der Waals surface area (Å²) in [6.45, 7) is 4.92. The van der Waals surface area contributed by atoms with Gasteiger partial charge in [0.2, 0.25) is 0 Å². The molecule has 0 saturated heterocycles. The van der Waals surface area contributed by atoms with E-state index in [1.165, 1.54) is 23.3 Å². The maximum atomic E-state index is 13.6. The van der Waals surface area contributed by atoms with E-state index >= 15 is 0 Å². The van der Waals surface area contributed by atoms with Gasteiger partial charge in [-0.2, -0.15) is 0 Å². The fourth-order valence-corrected chi connectivity index (χ4v) is 4.35. The average Bonchev–Trinajstić information content (AvgIpc) is 2.86. The number of hydrogen-bond donors (Lipinski definition) is 0. The van der Waals surface area contributed by atoms with Crippen LogP contribution in [0.15, 0.2) is 48.5 Å². The lowest BCUT2D eigenvalue weighted by Crippen LogP contribution is -2.08. The summed E-state index contributed by atoms with van der Waals surface area (Å²) in [5.41, 5.74) is 7.60. The molecule has 0 bridgehead atoms. The summed E-state index contributed by atoms with van der Waals surface area (Å²) in [7, 11) is 0. The molecule has 0 atom stereocenters. The largest absolute Gasteiger partial charge is 0.493 e. The van der Waals surface area contributed by atoms with Gasteiger partial charge in [0.1, 0.15) is 11.6 Å². The van der Waals surface area contributed by atoms with Crippen LogP contribution in [0.3, 0.4) is 0 Å². The quantitative estimate of drug-likeness (QED) is 0.446. The summed E-state index contributed by atoms with van der Waals surface area (Å²) in [6, 6.07) is 14.8. The van der Waals surface area contributed by atoms with Gasteiger partial charge < -0.3 is 4.74 Å². The van der Waals surface area contributed by atoms with Crippen LogP contribution < -0.4 is 4.74 Å².